The lowest BCUT2D eigenvalue weighted by Crippen LogP contribution is -2.41. The zero-order valence-corrected chi connectivity index (χ0v) is 18.5. The summed E-state index contributed by atoms with van der Waals surface area (Å²) in [4.78, 5) is 4.52. The second kappa shape index (κ2) is 12.0. The van der Waals surface area contributed by atoms with E-state index in [2.05, 4.69) is 20.3 Å². The highest BCUT2D eigenvalue weighted by atomic mass is 32.2. The topological polar surface area (TPSA) is 101 Å². The summed E-state index contributed by atoms with van der Waals surface area (Å²) in [5, 5.41) is 6.17. The van der Waals surface area contributed by atoms with E-state index in [9.17, 15) is 8.42 Å². The van der Waals surface area contributed by atoms with Crippen LogP contribution in [0.5, 0.6) is 11.5 Å². The molecule has 0 saturated heterocycles. The third-order valence-corrected chi connectivity index (χ3v) is 5.57. The van der Waals surface area contributed by atoms with Gasteiger partial charge in [0.25, 0.3) is 0 Å². The molecule has 0 aliphatic carbocycles. The third kappa shape index (κ3) is 7.92. The fraction of sp³-hybridized carbons (Fsp3) is 0.381. The van der Waals surface area contributed by atoms with Crippen LogP contribution in [-0.2, 0) is 23.1 Å². The average molecular weight is 435 g/mol. The van der Waals surface area contributed by atoms with Crippen molar-refractivity contribution in [2.75, 3.05) is 33.1 Å². The molecule has 0 heterocycles. The van der Waals surface area contributed by atoms with Gasteiger partial charge < -0.3 is 20.1 Å². The van der Waals surface area contributed by atoms with Gasteiger partial charge in [0.15, 0.2) is 5.96 Å². The van der Waals surface area contributed by atoms with Gasteiger partial charge >= 0.3 is 0 Å². The van der Waals surface area contributed by atoms with Gasteiger partial charge in [0.2, 0.25) is 10.0 Å². The van der Waals surface area contributed by atoms with E-state index in [4.69, 9.17) is 9.47 Å². The van der Waals surface area contributed by atoms with Crippen molar-refractivity contribution in [3.8, 4) is 11.5 Å². The molecule has 0 spiro atoms. The summed E-state index contributed by atoms with van der Waals surface area (Å²) in [6.07, 6.45) is 0. The molecule has 164 valence electrons. The molecule has 0 aliphatic rings. The number of ether oxygens (including phenoxy) is 2. The Morgan fingerprint density at radius 3 is 2.47 bits per heavy atom. The van der Waals surface area contributed by atoms with E-state index in [-0.39, 0.29) is 18.8 Å². The lowest BCUT2D eigenvalue weighted by molar-refractivity contribution is 0.391. The van der Waals surface area contributed by atoms with Gasteiger partial charge in [-0.1, -0.05) is 30.3 Å². The molecule has 9 heteroatoms. The highest BCUT2D eigenvalue weighted by Gasteiger charge is 2.10. The Hall–Kier alpha value is -2.78. The highest BCUT2D eigenvalue weighted by Crippen LogP contribution is 2.25. The summed E-state index contributed by atoms with van der Waals surface area (Å²) in [5.74, 6) is 1.86. The molecule has 2 aromatic carbocycles. The minimum Gasteiger partial charge on any atom is -0.497 e. The van der Waals surface area contributed by atoms with Crippen molar-refractivity contribution in [2.45, 2.75) is 20.0 Å². The van der Waals surface area contributed by atoms with E-state index in [1.54, 1.807) is 20.3 Å². The number of methoxy groups -OCH3 is 2. The largest absolute Gasteiger partial charge is 0.497 e. The lowest BCUT2D eigenvalue weighted by atomic mass is 10.2. The molecule has 0 bridgehead atoms. The maximum absolute atomic E-state index is 12.2. The van der Waals surface area contributed by atoms with Crippen molar-refractivity contribution in [2.24, 2.45) is 4.99 Å². The number of nitrogens with zero attached hydrogens (tertiary/aromatic N) is 1. The number of hydrogen-bond donors (Lipinski definition) is 3. The number of nitrogens with one attached hydrogen (secondary N) is 3. The Bertz CT molecular complexity index is 918. The van der Waals surface area contributed by atoms with E-state index in [1.165, 1.54) is 0 Å². The van der Waals surface area contributed by atoms with Gasteiger partial charge in [-0.25, -0.2) is 18.1 Å². The normalized spacial score (nSPS) is 11.8. The van der Waals surface area contributed by atoms with Gasteiger partial charge in [0, 0.05) is 31.3 Å². The van der Waals surface area contributed by atoms with Crippen LogP contribution >= 0.6 is 0 Å². The molecule has 0 aliphatic heterocycles. The second-order valence-electron chi connectivity index (χ2n) is 6.43. The molecule has 0 unspecified atom stereocenters. The number of sulfonamides is 1. The molecule has 0 radical (unpaired) electrons. The Kier molecular flexibility index (Phi) is 9.43. The summed E-state index contributed by atoms with van der Waals surface area (Å²) in [6, 6.07) is 14.9. The fourth-order valence-corrected chi connectivity index (χ4v) is 3.56. The summed E-state index contributed by atoms with van der Waals surface area (Å²) < 4.78 is 37.7. The summed E-state index contributed by atoms with van der Waals surface area (Å²) in [7, 11) is -0.209. The maximum atomic E-state index is 12.2. The van der Waals surface area contributed by atoms with Crippen molar-refractivity contribution < 1.29 is 17.9 Å². The van der Waals surface area contributed by atoms with E-state index in [1.807, 2.05) is 49.4 Å². The molecule has 2 rings (SSSR count). The summed E-state index contributed by atoms with van der Waals surface area (Å²) in [6.45, 7) is 3.49. The molecule has 8 nitrogen and oxygen atoms in total. The van der Waals surface area contributed by atoms with Crippen molar-refractivity contribution in [1.29, 1.82) is 0 Å². The van der Waals surface area contributed by atoms with E-state index >= 15 is 0 Å². The van der Waals surface area contributed by atoms with E-state index < -0.39 is 10.0 Å². The first-order valence-corrected chi connectivity index (χ1v) is 11.4. The van der Waals surface area contributed by atoms with Gasteiger partial charge in [-0.2, -0.15) is 0 Å². The van der Waals surface area contributed by atoms with Gasteiger partial charge in [0.05, 0.1) is 26.5 Å². The van der Waals surface area contributed by atoms with Gasteiger partial charge in [-0.05, 0) is 24.6 Å². The van der Waals surface area contributed by atoms with Crippen LogP contribution in [0, 0.1) is 0 Å². The highest BCUT2D eigenvalue weighted by molar-refractivity contribution is 7.89. The van der Waals surface area contributed by atoms with Crippen LogP contribution in [0.3, 0.4) is 0 Å². The first-order chi connectivity index (χ1) is 14.5. The number of rotatable bonds is 11. The molecular weight excluding hydrogens is 404 g/mol. The molecule has 0 aromatic heterocycles. The smallest absolute Gasteiger partial charge is 0.213 e. The predicted octanol–water partition coefficient (Wildman–Crippen LogP) is 1.88. The van der Waals surface area contributed by atoms with Gasteiger partial charge in [-0.15, -0.1) is 0 Å². The average Bonchev–Trinajstić information content (AvgIpc) is 2.76. The summed E-state index contributed by atoms with van der Waals surface area (Å²) in [5.41, 5.74) is 1.81. The van der Waals surface area contributed by atoms with E-state index in [0.29, 0.717) is 30.5 Å². The minimum absolute atomic E-state index is 0.0594. The first-order valence-electron chi connectivity index (χ1n) is 9.71. The molecule has 3 N–H and O–H groups in total. The van der Waals surface area contributed by atoms with Crippen LogP contribution in [0.15, 0.2) is 53.5 Å². The monoisotopic (exact) mass is 434 g/mol. The Morgan fingerprint density at radius 2 is 1.80 bits per heavy atom. The predicted molar refractivity (Wildman–Crippen MR) is 119 cm³/mol. The first kappa shape index (κ1) is 23.5. The SMILES string of the molecule is CCNC(=NCc1ccc(OC)cc1OC)NCCS(=O)(=O)NCc1ccccc1. The zero-order valence-electron chi connectivity index (χ0n) is 17.6. The summed E-state index contributed by atoms with van der Waals surface area (Å²) >= 11 is 0. The third-order valence-electron chi connectivity index (χ3n) is 4.25. The van der Waals surface area contributed by atoms with Crippen LogP contribution in [0.2, 0.25) is 0 Å². The Morgan fingerprint density at radius 1 is 1.03 bits per heavy atom. The number of benzene rings is 2. The molecular formula is C21H30N4O4S. The van der Waals surface area contributed by atoms with Crippen LogP contribution in [-0.4, -0.2) is 47.4 Å². The van der Waals surface area contributed by atoms with E-state index in [0.717, 1.165) is 11.1 Å². The molecule has 0 fully saturated rings. The quantitative estimate of drug-likeness (QED) is 0.369. The van der Waals surface area contributed by atoms with Crippen LogP contribution in [0.4, 0.5) is 0 Å². The van der Waals surface area contributed by atoms with Crippen molar-refractivity contribution in [1.82, 2.24) is 15.4 Å². The molecule has 0 saturated carbocycles. The zero-order chi connectivity index (χ0) is 21.8. The second-order valence-corrected chi connectivity index (χ2v) is 8.35. The minimum atomic E-state index is -3.41. The van der Waals surface area contributed by atoms with Crippen molar-refractivity contribution in [3.63, 3.8) is 0 Å². The van der Waals surface area contributed by atoms with Crippen LogP contribution in [0.1, 0.15) is 18.1 Å². The molecule has 2 aromatic rings. The standard InChI is InChI=1S/C21H30N4O4S/c1-4-22-21(24-16-18-10-11-19(28-2)14-20(18)29-3)23-12-13-30(26,27)25-15-17-8-6-5-7-9-17/h5-11,14,25H,4,12-13,15-16H2,1-3H3,(H2,22,23,24). The maximum Gasteiger partial charge on any atom is 0.213 e. The number of aliphatic imine (C=N–C) groups is 1. The Labute approximate surface area is 178 Å². The van der Waals surface area contributed by atoms with Crippen molar-refractivity contribution >= 4 is 16.0 Å². The Balaban J connectivity index is 1.90. The number of guanidine groups is 1. The van der Waals surface area contributed by atoms with Crippen LogP contribution < -0.4 is 24.8 Å². The van der Waals surface area contributed by atoms with Gasteiger partial charge in [0.1, 0.15) is 11.5 Å². The molecule has 0 amide bonds. The molecule has 30 heavy (non-hydrogen) atoms. The number of hydrogen-bond acceptors (Lipinski definition) is 5. The van der Waals surface area contributed by atoms with Crippen LogP contribution in [0.25, 0.3) is 0 Å². The lowest BCUT2D eigenvalue weighted by Gasteiger charge is -2.13. The fourth-order valence-electron chi connectivity index (χ4n) is 2.65. The van der Waals surface area contributed by atoms with Crippen molar-refractivity contribution in [3.05, 3.63) is 59.7 Å². The molecule has 0 atom stereocenters. The van der Waals surface area contributed by atoms with Gasteiger partial charge in [-0.3, -0.25) is 0 Å².